The molecule has 0 unspecified atom stereocenters. The fraction of sp³-hybridized carbons (Fsp3) is 0.320. The number of rotatable bonds is 4. The molecule has 0 N–H and O–H groups in total. The van der Waals surface area contributed by atoms with Crippen LogP contribution < -0.4 is 5.56 Å². The molecule has 3 heterocycles. The predicted molar refractivity (Wildman–Crippen MR) is 125 cm³/mol. The Hall–Kier alpha value is -3.45. The van der Waals surface area contributed by atoms with Gasteiger partial charge in [-0.3, -0.25) is 14.5 Å². The molecule has 2 aromatic carbocycles. The molecule has 0 aliphatic carbocycles. The lowest BCUT2D eigenvalue weighted by atomic mass is 10.2. The zero-order valence-corrected chi connectivity index (χ0v) is 18.4. The lowest BCUT2D eigenvalue weighted by Crippen LogP contribution is -2.50. The number of nitrogens with zero attached hydrogens (tertiary/aromatic N) is 5. The van der Waals surface area contributed by atoms with E-state index in [1.165, 1.54) is 10.2 Å². The van der Waals surface area contributed by atoms with E-state index in [-0.39, 0.29) is 11.5 Å². The Bertz CT molecular complexity index is 1330. The molecule has 0 bridgehead atoms. The number of carbonyl (C=O) groups excluding carboxylic acids is 1. The molecule has 0 saturated carbocycles. The minimum absolute atomic E-state index is 0.0471. The van der Waals surface area contributed by atoms with Crippen LogP contribution >= 0.6 is 0 Å². The van der Waals surface area contributed by atoms with Gasteiger partial charge in [-0.2, -0.15) is 5.10 Å². The molecule has 1 saturated heterocycles. The number of piperazine rings is 1. The van der Waals surface area contributed by atoms with E-state index in [9.17, 15) is 9.59 Å². The molecule has 164 valence electrons. The van der Waals surface area contributed by atoms with Crippen molar-refractivity contribution in [3.8, 4) is 0 Å². The summed E-state index contributed by atoms with van der Waals surface area (Å²) in [7, 11) is 1.64. The molecule has 7 nitrogen and oxygen atoms in total. The van der Waals surface area contributed by atoms with Gasteiger partial charge in [0.15, 0.2) is 0 Å². The highest BCUT2D eigenvalue weighted by atomic mass is 16.2. The van der Waals surface area contributed by atoms with Gasteiger partial charge in [0.05, 0.1) is 11.7 Å². The summed E-state index contributed by atoms with van der Waals surface area (Å²) in [6.45, 7) is 5.84. The van der Waals surface area contributed by atoms with Crippen LogP contribution in [0.25, 0.3) is 21.8 Å². The lowest BCUT2D eigenvalue weighted by Gasteiger charge is -2.36. The molecular weight excluding hydrogens is 402 g/mol. The van der Waals surface area contributed by atoms with E-state index in [0.29, 0.717) is 18.6 Å². The second-order valence-electron chi connectivity index (χ2n) is 8.49. The van der Waals surface area contributed by atoms with Gasteiger partial charge in [-0.05, 0) is 18.6 Å². The van der Waals surface area contributed by atoms with E-state index in [2.05, 4.69) is 34.3 Å². The quantitative estimate of drug-likeness (QED) is 0.501. The van der Waals surface area contributed by atoms with Crippen molar-refractivity contribution >= 4 is 27.7 Å². The van der Waals surface area contributed by atoms with Gasteiger partial charge in [0.2, 0.25) is 5.91 Å². The first-order valence-corrected chi connectivity index (χ1v) is 11.0. The molecule has 1 amide bonds. The van der Waals surface area contributed by atoms with Crippen molar-refractivity contribution in [1.82, 2.24) is 24.1 Å². The maximum atomic E-state index is 13.5. The summed E-state index contributed by atoms with van der Waals surface area (Å²) in [6.07, 6.45) is 1.72. The van der Waals surface area contributed by atoms with Crippen LogP contribution in [0.1, 0.15) is 18.5 Å². The second kappa shape index (κ2) is 8.24. The number of hydrogen-bond donors (Lipinski definition) is 0. The zero-order chi connectivity index (χ0) is 22.2. The molecule has 1 aliphatic heterocycles. The van der Waals surface area contributed by atoms with Crippen molar-refractivity contribution in [2.24, 2.45) is 7.05 Å². The SMILES string of the molecule is C[C@H](C(=O)N1CCN(Cc2ccccc2)CC1)n1c2ccccc2c2cnn(C)c(=O)c21. The smallest absolute Gasteiger partial charge is 0.291 e. The third kappa shape index (κ3) is 3.48. The molecule has 1 fully saturated rings. The van der Waals surface area contributed by atoms with Crippen LogP contribution in [0.15, 0.2) is 65.6 Å². The van der Waals surface area contributed by atoms with Crippen LogP contribution in [0.2, 0.25) is 0 Å². The van der Waals surface area contributed by atoms with E-state index in [1.807, 2.05) is 46.7 Å². The molecule has 1 atom stereocenters. The minimum atomic E-state index is -0.479. The number of aromatic nitrogens is 3. The number of carbonyl (C=O) groups is 1. The van der Waals surface area contributed by atoms with Crippen molar-refractivity contribution in [2.75, 3.05) is 26.2 Å². The summed E-state index contributed by atoms with van der Waals surface area (Å²) >= 11 is 0. The molecule has 0 spiro atoms. The third-order valence-electron chi connectivity index (χ3n) is 6.48. The fourth-order valence-corrected chi connectivity index (χ4v) is 4.73. The summed E-state index contributed by atoms with van der Waals surface area (Å²) in [4.78, 5) is 30.8. The van der Waals surface area contributed by atoms with Crippen molar-refractivity contribution in [2.45, 2.75) is 19.5 Å². The minimum Gasteiger partial charge on any atom is -0.338 e. The maximum Gasteiger partial charge on any atom is 0.291 e. The van der Waals surface area contributed by atoms with E-state index in [1.54, 1.807) is 13.2 Å². The van der Waals surface area contributed by atoms with E-state index in [4.69, 9.17) is 0 Å². The van der Waals surface area contributed by atoms with E-state index < -0.39 is 6.04 Å². The van der Waals surface area contributed by atoms with Crippen LogP contribution in [0.5, 0.6) is 0 Å². The number of fused-ring (bicyclic) bond motifs is 3. The van der Waals surface area contributed by atoms with Crippen LogP contribution in [0.4, 0.5) is 0 Å². The van der Waals surface area contributed by atoms with Crippen molar-refractivity contribution < 1.29 is 4.79 Å². The lowest BCUT2D eigenvalue weighted by molar-refractivity contribution is -0.135. The third-order valence-corrected chi connectivity index (χ3v) is 6.48. The number of hydrogen-bond acceptors (Lipinski definition) is 4. The van der Waals surface area contributed by atoms with Gasteiger partial charge in [-0.1, -0.05) is 48.5 Å². The Morgan fingerprint density at radius 1 is 0.969 bits per heavy atom. The Balaban J connectivity index is 1.41. The maximum absolute atomic E-state index is 13.5. The topological polar surface area (TPSA) is 63.4 Å². The van der Waals surface area contributed by atoms with Gasteiger partial charge >= 0.3 is 0 Å². The highest BCUT2D eigenvalue weighted by molar-refractivity contribution is 6.08. The highest BCUT2D eigenvalue weighted by Gasteiger charge is 2.29. The van der Waals surface area contributed by atoms with Gasteiger partial charge in [-0.15, -0.1) is 0 Å². The van der Waals surface area contributed by atoms with Gasteiger partial charge in [0, 0.05) is 50.5 Å². The molecule has 2 aromatic heterocycles. The molecule has 7 heteroatoms. The monoisotopic (exact) mass is 429 g/mol. The van der Waals surface area contributed by atoms with Gasteiger partial charge < -0.3 is 9.47 Å². The predicted octanol–water partition coefficient (Wildman–Crippen LogP) is 2.79. The van der Waals surface area contributed by atoms with Crippen LogP contribution in [0, 0.1) is 0 Å². The van der Waals surface area contributed by atoms with E-state index >= 15 is 0 Å². The average Bonchev–Trinajstić information content (AvgIpc) is 3.17. The Morgan fingerprint density at radius 3 is 2.41 bits per heavy atom. The Kier molecular flexibility index (Phi) is 5.27. The molecule has 1 aliphatic rings. The average molecular weight is 430 g/mol. The first-order chi connectivity index (χ1) is 15.5. The molecule has 5 rings (SSSR count). The highest BCUT2D eigenvalue weighted by Crippen LogP contribution is 2.30. The molecule has 32 heavy (non-hydrogen) atoms. The number of para-hydroxylation sites is 1. The summed E-state index contributed by atoms with van der Waals surface area (Å²) in [5, 5.41) is 5.93. The van der Waals surface area contributed by atoms with Crippen LogP contribution in [-0.2, 0) is 18.4 Å². The van der Waals surface area contributed by atoms with Crippen molar-refractivity contribution in [1.29, 1.82) is 0 Å². The second-order valence-corrected chi connectivity index (χ2v) is 8.49. The normalized spacial score (nSPS) is 16.0. The fourth-order valence-electron chi connectivity index (χ4n) is 4.73. The number of benzene rings is 2. The Labute approximate surface area is 186 Å². The summed E-state index contributed by atoms with van der Waals surface area (Å²) in [5.74, 6) is 0.0471. The van der Waals surface area contributed by atoms with Crippen LogP contribution in [-0.4, -0.2) is 56.2 Å². The zero-order valence-electron chi connectivity index (χ0n) is 18.4. The van der Waals surface area contributed by atoms with Gasteiger partial charge in [0.25, 0.3) is 5.56 Å². The van der Waals surface area contributed by atoms with Crippen LogP contribution in [0.3, 0.4) is 0 Å². The summed E-state index contributed by atoms with van der Waals surface area (Å²) < 4.78 is 3.23. The largest absolute Gasteiger partial charge is 0.338 e. The molecule has 4 aromatic rings. The molecule has 0 radical (unpaired) electrons. The summed E-state index contributed by atoms with van der Waals surface area (Å²) in [5.41, 5.74) is 2.52. The number of aryl methyl sites for hydroxylation is 1. The summed E-state index contributed by atoms with van der Waals surface area (Å²) in [6, 6.07) is 17.8. The van der Waals surface area contributed by atoms with Crippen molar-refractivity contribution in [3.63, 3.8) is 0 Å². The first-order valence-electron chi connectivity index (χ1n) is 11.0. The van der Waals surface area contributed by atoms with E-state index in [0.717, 1.165) is 35.9 Å². The standard InChI is InChI=1S/C25H27N5O2/c1-18(24(31)29-14-12-28(13-15-29)17-19-8-4-3-5-9-19)30-22-11-7-6-10-20(22)21-16-26-27(2)25(32)23(21)30/h3-11,16,18H,12-15,17H2,1-2H3/t18-/m1/s1. The Morgan fingerprint density at radius 2 is 1.66 bits per heavy atom. The van der Waals surface area contributed by atoms with Gasteiger partial charge in [-0.25, -0.2) is 4.68 Å². The van der Waals surface area contributed by atoms with Gasteiger partial charge in [0.1, 0.15) is 11.6 Å². The first kappa shape index (κ1) is 20.5. The number of amides is 1. The van der Waals surface area contributed by atoms with Crippen molar-refractivity contribution in [3.05, 3.63) is 76.7 Å². The molecular formula is C25H27N5O2.